The third kappa shape index (κ3) is 2.87. The van der Waals surface area contributed by atoms with Crippen molar-refractivity contribution in [1.82, 2.24) is 4.90 Å². The van der Waals surface area contributed by atoms with Gasteiger partial charge in [-0.25, -0.2) is 0 Å². The number of rotatable bonds is 4. The molecule has 0 radical (unpaired) electrons. The van der Waals surface area contributed by atoms with Crippen LogP contribution in [-0.4, -0.2) is 29.0 Å². The first kappa shape index (κ1) is 17.7. The summed E-state index contributed by atoms with van der Waals surface area (Å²) in [5.41, 5.74) is 2.69. The predicted molar refractivity (Wildman–Crippen MR) is 100 cm³/mol. The highest BCUT2D eigenvalue weighted by Crippen LogP contribution is 2.43. The van der Waals surface area contributed by atoms with Crippen LogP contribution in [0.2, 0.25) is 0 Å². The molecule has 3 rings (SSSR count). The number of carbonyl (C=O) groups is 1. The fourth-order valence-electron chi connectivity index (χ4n) is 4.09. The molecule has 1 atom stereocenters. The van der Waals surface area contributed by atoms with E-state index in [0.717, 1.165) is 35.1 Å². The summed E-state index contributed by atoms with van der Waals surface area (Å²) >= 11 is 0. The standard InChI is InChI=1S/C22H27NO2/c1-4-23(5-2)21(24)16(3)22(25)19-12-8-6-10-17(19)14-15-18-11-7-9-13-20(18)22/h6-13,16,25H,4-5,14-15H2,1-3H3/t16-/m0/s1. The van der Waals surface area contributed by atoms with Gasteiger partial charge in [0, 0.05) is 13.1 Å². The summed E-state index contributed by atoms with van der Waals surface area (Å²) < 4.78 is 0. The second kappa shape index (κ2) is 7.01. The molecule has 0 aliphatic heterocycles. The van der Waals surface area contributed by atoms with E-state index in [0.29, 0.717) is 13.1 Å². The van der Waals surface area contributed by atoms with Crippen LogP contribution in [0.3, 0.4) is 0 Å². The lowest BCUT2D eigenvalue weighted by Crippen LogP contribution is -2.46. The van der Waals surface area contributed by atoms with Crippen molar-refractivity contribution in [3.63, 3.8) is 0 Å². The summed E-state index contributed by atoms with van der Waals surface area (Å²) in [6.45, 7) is 7.12. The lowest BCUT2D eigenvalue weighted by molar-refractivity contribution is -0.142. The van der Waals surface area contributed by atoms with Gasteiger partial charge in [-0.3, -0.25) is 4.79 Å². The summed E-state index contributed by atoms with van der Waals surface area (Å²) in [6, 6.07) is 16.0. The van der Waals surface area contributed by atoms with Gasteiger partial charge in [-0.15, -0.1) is 0 Å². The molecule has 0 heterocycles. The maximum atomic E-state index is 13.1. The number of aliphatic hydroxyl groups is 1. The van der Waals surface area contributed by atoms with E-state index >= 15 is 0 Å². The number of nitrogens with zero attached hydrogens (tertiary/aromatic N) is 1. The molecular weight excluding hydrogens is 310 g/mol. The highest BCUT2D eigenvalue weighted by Gasteiger charge is 2.45. The molecule has 0 aromatic heterocycles. The molecule has 0 spiro atoms. The zero-order valence-electron chi connectivity index (χ0n) is 15.3. The first-order valence-electron chi connectivity index (χ1n) is 9.21. The van der Waals surface area contributed by atoms with Crippen molar-refractivity contribution >= 4 is 5.91 Å². The molecule has 1 aliphatic rings. The largest absolute Gasteiger partial charge is 0.380 e. The number of hydrogen-bond donors (Lipinski definition) is 1. The molecule has 0 unspecified atom stereocenters. The molecular formula is C22H27NO2. The van der Waals surface area contributed by atoms with Crippen LogP contribution in [0.1, 0.15) is 43.0 Å². The third-order valence-corrected chi connectivity index (χ3v) is 5.59. The summed E-state index contributed by atoms with van der Waals surface area (Å²) in [7, 11) is 0. The van der Waals surface area contributed by atoms with Crippen molar-refractivity contribution in [1.29, 1.82) is 0 Å². The zero-order chi connectivity index (χ0) is 18.0. The molecule has 0 saturated heterocycles. The van der Waals surface area contributed by atoms with E-state index in [1.54, 1.807) is 4.90 Å². The smallest absolute Gasteiger partial charge is 0.229 e. The number of amides is 1. The van der Waals surface area contributed by atoms with Crippen molar-refractivity contribution in [2.45, 2.75) is 39.2 Å². The monoisotopic (exact) mass is 337 g/mol. The lowest BCUT2D eigenvalue weighted by atomic mass is 9.74. The fourth-order valence-corrected chi connectivity index (χ4v) is 4.09. The van der Waals surface area contributed by atoms with Crippen LogP contribution < -0.4 is 0 Å². The Morgan fingerprint density at radius 2 is 1.44 bits per heavy atom. The van der Waals surface area contributed by atoms with E-state index in [4.69, 9.17) is 0 Å². The Morgan fingerprint density at radius 3 is 1.88 bits per heavy atom. The average molecular weight is 337 g/mol. The maximum Gasteiger partial charge on any atom is 0.229 e. The van der Waals surface area contributed by atoms with Gasteiger partial charge >= 0.3 is 0 Å². The van der Waals surface area contributed by atoms with E-state index in [1.165, 1.54) is 0 Å². The highest BCUT2D eigenvalue weighted by atomic mass is 16.3. The first-order chi connectivity index (χ1) is 12.0. The Bertz CT molecular complexity index is 717. The Kier molecular flexibility index (Phi) is 4.96. The van der Waals surface area contributed by atoms with E-state index in [9.17, 15) is 9.90 Å². The van der Waals surface area contributed by atoms with Crippen LogP contribution >= 0.6 is 0 Å². The van der Waals surface area contributed by atoms with Gasteiger partial charge in [-0.05, 0) is 48.9 Å². The van der Waals surface area contributed by atoms with Gasteiger partial charge in [0.1, 0.15) is 5.60 Å². The minimum Gasteiger partial charge on any atom is -0.380 e. The van der Waals surface area contributed by atoms with E-state index in [2.05, 4.69) is 12.1 Å². The Morgan fingerprint density at radius 1 is 1.00 bits per heavy atom. The molecule has 2 aromatic rings. The summed E-state index contributed by atoms with van der Waals surface area (Å²) in [5.74, 6) is -0.549. The Hall–Kier alpha value is -2.13. The quantitative estimate of drug-likeness (QED) is 0.927. The van der Waals surface area contributed by atoms with Crippen molar-refractivity contribution in [2.75, 3.05) is 13.1 Å². The molecule has 0 bridgehead atoms. The third-order valence-electron chi connectivity index (χ3n) is 5.59. The first-order valence-corrected chi connectivity index (χ1v) is 9.21. The molecule has 132 valence electrons. The number of benzene rings is 2. The average Bonchev–Trinajstić information content (AvgIpc) is 2.78. The second-order valence-electron chi connectivity index (χ2n) is 6.81. The lowest BCUT2D eigenvalue weighted by Gasteiger charge is -2.38. The molecule has 0 saturated carbocycles. The fraction of sp³-hybridized carbons (Fsp3) is 0.409. The number of fused-ring (bicyclic) bond motifs is 2. The van der Waals surface area contributed by atoms with Crippen LogP contribution in [0, 0.1) is 5.92 Å². The summed E-state index contributed by atoms with van der Waals surface area (Å²) in [5, 5.41) is 12.0. The molecule has 1 aliphatic carbocycles. The van der Waals surface area contributed by atoms with Gasteiger partial charge < -0.3 is 10.0 Å². The Labute approximate surface area is 150 Å². The highest BCUT2D eigenvalue weighted by molar-refractivity contribution is 5.81. The van der Waals surface area contributed by atoms with Gasteiger partial charge in [0.15, 0.2) is 0 Å². The van der Waals surface area contributed by atoms with Gasteiger partial charge in [-0.2, -0.15) is 0 Å². The van der Waals surface area contributed by atoms with Crippen LogP contribution in [0.5, 0.6) is 0 Å². The summed E-state index contributed by atoms with van der Waals surface area (Å²) in [4.78, 5) is 14.9. The van der Waals surface area contributed by atoms with Crippen molar-refractivity contribution in [3.8, 4) is 0 Å². The van der Waals surface area contributed by atoms with Gasteiger partial charge in [0.25, 0.3) is 0 Å². The number of aryl methyl sites for hydroxylation is 2. The van der Waals surface area contributed by atoms with Crippen LogP contribution in [0.15, 0.2) is 48.5 Å². The van der Waals surface area contributed by atoms with Crippen LogP contribution in [0.4, 0.5) is 0 Å². The Balaban J connectivity index is 2.20. The van der Waals surface area contributed by atoms with Crippen LogP contribution in [-0.2, 0) is 23.2 Å². The SMILES string of the molecule is CCN(CC)C(=O)[C@H](C)C1(O)c2ccccc2CCc2ccccc21. The van der Waals surface area contributed by atoms with Crippen molar-refractivity contribution in [2.24, 2.45) is 5.92 Å². The maximum absolute atomic E-state index is 13.1. The van der Waals surface area contributed by atoms with E-state index in [1.807, 2.05) is 57.2 Å². The normalized spacial score (nSPS) is 16.3. The molecule has 3 nitrogen and oxygen atoms in total. The summed E-state index contributed by atoms with van der Waals surface area (Å²) in [6.07, 6.45) is 1.75. The predicted octanol–water partition coefficient (Wildman–Crippen LogP) is 3.53. The van der Waals surface area contributed by atoms with Gasteiger partial charge in [0.2, 0.25) is 5.91 Å². The van der Waals surface area contributed by atoms with Crippen LogP contribution in [0.25, 0.3) is 0 Å². The molecule has 2 aromatic carbocycles. The van der Waals surface area contributed by atoms with Gasteiger partial charge in [0.05, 0.1) is 5.92 Å². The molecule has 0 fully saturated rings. The minimum atomic E-state index is -1.30. The van der Waals surface area contributed by atoms with E-state index in [-0.39, 0.29) is 5.91 Å². The van der Waals surface area contributed by atoms with Crippen molar-refractivity contribution in [3.05, 3.63) is 70.8 Å². The van der Waals surface area contributed by atoms with E-state index < -0.39 is 11.5 Å². The minimum absolute atomic E-state index is 0.000920. The molecule has 1 N–H and O–H groups in total. The molecule has 1 amide bonds. The van der Waals surface area contributed by atoms with Crippen molar-refractivity contribution < 1.29 is 9.90 Å². The molecule has 3 heteroatoms. The topological polar surface area (TPSA) is 40.5 Å². The number of carbonyl (C=O) groups excluding carboxylic acids is 1. The zero-order valence-corrected chi connectivity index (χ0v) is 15.3. The van der Waals surface area contributed by atoms with Gasteiger partial charge in [-0.1, -0.05) is 55.5 Å². The number of hydrogen-bond acceptors (Lipinski definition) is 2. The molecule has 25 heavy (non-hydrogen) atoms. The second-order valence-corrected chi connectivity index (χ2v) is 6.81.